The van der Waals surface area contributed by atoms with Gasteiger partial charge in [0.1, 0.15) is 0 Å². The van der Waals surface area contributed by atoms with E-state index in [1.54, 1.807) is 17.4 Å². The van der Waals surface area contributed by atoms with Gasteiger partial charge >= 0.3 is 6.03 Å². The van der Waals surface area contributed by atoms with Crippen molar-refractivity contribution in [2.75, 3.05) is 70.0 Å². The molecule has 1 unspecified atom stereocenters. The molecule has 3 N–H and O–H groups in total. The first-order valence-electron chi connectivity index (χ1n) is 17.0. The minimum Gasteiger partial charge on any atom is -0.397 e. The van der Waals surface area contributed by atoms with Crippen LogP contribution in [0, 0.1) is 24.2 Å². The quantitative estimate of drug-likeness (QED) is 0.342. The number of fused-ring (bicyclic) bond motifs is 4. The Morgan fingerprint density at radius 3 is 2.45 bits per heavy atom. The standard InChI is InChI=1S/C35H44ClN7O3S/c1-2-24-15-23(17-29(36)33(24)37)16-26(34(45)42-13-11-40(12-14-42)31-20-39-7-3-25(31)4-8-39)18-32(44)41-9-5-28(6-10-41)43-19-27-21-47-22-30(27)38-35(43)46/h1,15,17,21-22,25-26,28,31H,3-14,16,18-20,37H2,(H,38,46)/t26-,31?/m0/s1. The van der Waals surface area contributed by atoms with Crippen molar-refractivity contribution in [1.29, 1.82) is 0 Å². The van der Waals surface area contributed by atoms with Crippen LogP contribution >= 0.6 is 22.9 Å². The lowest BCUT2D eigenvalue weighted by Gasteiger charge is -2.51. The van der Waals surface area contributed by atoms with E-state index < -0.39 is 5.92 Å². The second-order valence-corrected chi connectivity index (χ2v) is 15.0. The number of nitrogens with zero attached hydrogens (tertiary/aromatic N) is 5. The maximum atomic E-state index is 14.2. The van der Waals surface area contributed by atoms with Gasteiger partial charge in [0, 0.05) is 80.8 Å². The summed E-state index contributed by atoms with van der Waals surface area (Å²) >= 11 is 8.02. The first-order chi connectivity index (χ1) is 22.8. The molecular weight excluding hydrogens is 634 g/mol. The van der Waals surface area contributed by atoms with Gasteiger partial charge in [-0.05, 0) is 74.2 Å². The minimum absolute atomic E-state index is 0.00793. The number of likely N-dealkylation sites (tertiary alicyclic amines) is 1. The molecule has 2 atom stereocenters. The topological polar surface area (TPSA) is 105 Å². The van der Waals surface area contributed by atoms with Gasteiger partial charge in [0.2, 0.25) is 11.8 Å². The van der Waals surface area contributed by atoms with E-state index in [-0.39, 0.29) is 30.3 Å². The van der Waals surface area contributed by atoms with E-state index in [1.165, 1.54) is 25.9 Å². The molecule has 1 aromatic heterocycles. The van der Waals surface area contributed by atoms with E-state index in [0.717, 1.165) is 42.4 Å². The number of nitrogen functional groups attached to an aromatic ring is 1. The third-order valence-electron chi connectivity index (χ3n) is 11.2. The molecule has 4 amide bonds. The van der Waals surface area contributed by atoms with Crippen LogP contribution in [0.3, 0.4) is 0 Å². The van der Waals surface area contributed by atoms with E-state index in [0.29, 0.717) is 74.3 Å². The van der Waals surface area contributed by atoms with Crippen molar-refractivity contribution in [1.82, 2.24) is 24.5 Å². The van der Waals surface area contributed by atoms with Crippen LogP contribution in [-0.2, 0) is 22.6 Å². The summed E-state index contributed by atoms with van der Waals surface area (Å²) in [5, 5.41) is 7.40. The average Bonchev–Trinajstić information content (AvgIpc) is 3.56. The molecule has 47 heavy (non-hydrogen) atoms. The molecule has 7 heterocycles. The molecule has 5 fully saturated rings. The summed E-state index contributed by atoms with van der Waals surface area (Å²) in [4.78, 5) is 51.7. The van der Waals surface area contributed by atoms with Crippen LogP contribution in [0.4, 0.5) is 16.2 Å². The number of hydrogen-bond donors (Lipinski definition) is 2. The molecule has 0 saturated carbocycles. The van der Waals surface area contributed by atoms with Crippen molar-refractivity contribution >= 4 is 52.2 Å². The molecule has 8 rings (SSSR count). The number of thiophene rings is 1. The first kappa shape index (κ1) is 32.3. The summed E-state index contributed by atoms with van der Waals surface area (Å²) in [5.41, 5.74) is 9.77. The molecular formula is C35H44ClN7O3S. The molecule has 0 radical (unpaired) electrons. The van der Waals surface area contributed by atoms with Gasteiger partial charge in [0.25, 0.3) is 0 Å². The number of amides is 4. The number of piperidine rings is 4. The summed E-state index contributed by atoms with van der Waals surface area (Å²) in [6, 6.07) is 4.15. The highest BCUT2D eigenvalue weighted by molar-refractivity contribution is 7.08. The van der Waals surface area contributed by atoms with E-state index in [9.17, 15) is 14.4 Å². The van der Waals surface area contributed by atoms with Crippen molar-refractivity contribution in [3.63, 3.8) is 0 Å². The average molecular weight is 678 g/mol. The van der Waals surface area contributed by atoms with Gasteiger partial charge in [-0.25, -0.2) is 4.79 Å². The van der Waals surface area contributed by atoms with E-state index in [2.05, 4.69) is 26.4 Å². The SMILES string of the molecule is C#Cc1cc(C[C@@H](CC(=O)N2CCC(N3Cc4cscc4NC3=O)CC2)C(=O)N2CCN(C3CN4CCC3CC4)CC2)cc(Cl)c1N. The summed E-state index contributed by atoms with van der Waals surface area (Å²) in [6.07, 6.45) is 10.1. The third kappa shape index (κ3) is 6.71. The predicted octanol–water partition coefficient (Wildman–Crippen LogP) is 3.79. The lowest BCUT2D eigenvalue weighted by atomic mass is 9.83. The highest BCUT2D eigenvalue weighted by Gasteiger charge is 2.40. The monoisotopic (exact) mass is 677 g/mol. The number of urea groups is 1. The molecule has 0 aliphatic carbocycles. The Kier molecular flexibility index (Phi) is 9.38. The van der Waals surface area contributed by atoms with Gasteiger partial charge in [0.05, 0.1) is 28.9 Å². The Labute approximate surface area is 286 Å². The largest absolute Gasteiger partial charge is 0.397 e. The third-order valence-corrected chi connectivity index (χ3v) is 12.3. The van der Waals surface area contributed by atoms with Crippen molar-refractivity contribution in [2.45, 2.75) is 57.2 Å². The number of anilines is 2. The maximum Gasteiger partial charge on any atom is 0.322 e. The lowest BCUT2D eigenvalue weighted by Crippen LogP contribution is -2.61. The van der Waals surface area contributed by atoms with Crippen LogP contribution in [0.25, 0.3) is 0 Å². The number of hydrogen-bond acceptors (Lipinski definition) is 7. The molecule has 10 nitrogen and oxygen atoms in total. The lowest BCUT2D eigenvalue weighted by molar-refractivity contribution is -0.143. The highest BCUT2D eigenvalue weighted by Crippen LogP contribution is 2.33. The highest BCUT2D eigenvalue weighted by atomic mass is 35.5. The molecule has 12 heteroatoms. The number of nitrogens with one attached hydrogen (secondary N) is 1. The van der Waals surface area contributed by atoms with Gasteiger partial charge in [-0.2, -0.15) is 0 Å². The smallest absolute Gasteiger partial charge is 0.322 e. The number of halogens is 1. The molecule has 2 bridgehead atoms. The van der Waals surface area contributed by atoms with Gasteiger partial charge < -0.3 is 30.7 Å². The van der Waals surface area contributed by atoms with Crippen molar-refractivity contribution in [3.8, 4) is 12.3 Å². The summed E-state index contributed by atoms with van der Waals surface area (Å²) in [7, 11) is 0. The van der Waals surface area contributed by atoms with Crippen LogP contribution in [0.15, 0.2) is 22.9 Å². The fraction of sp³-hybridized carbons (Fsp3) is 0.571. The molecule has 5 saturated heterocycles. The second-order valence-electron chi connectivity index (χ2n) is 13.8. The fourth-order valence-corrected chi connectivity index (χ4v) is 9.40. The minimum atomic E-state index is -0.543. The summed E-state index contributed by atoms with van der Waals surface area (Å²) in [6.45, 7) is 8.33. The maximum absolute atomic E-state index is 14.2. The van der Waals surface area contributed by atoms with Gasteiger partial charge in [-0.1, -0.05) is 17.5 Å². The number of carbonyl (C=O) groups excluding carboxylic acids is 3. The molecule has 2 aromatic rings. The Bertz CT molecular complexity index is 1550. The fourth-order valence-electron chi connectivity index (χ4n) is 8.38. The van der Waals surface area contributed by atoms with Crippen molar-refractivity contribution in [3.05, 3.63) is 44.6 Å². The normalized spacial score (nSPS) is 25.7. The van der Waals surface area contributed by atoms with E-state index in [4.69, 9.17) is 23.8 Å². The Hall–Kier alpha value is -3.30. The van der Waals surface area contributed by atoms with Gasteiger partial charge in [0.15, 0.2) is 0 Å². The van der Waals surface area contributed by atoms with Crippen molar-refractivity contribution < 1.29 is 14.4 Å². The van der Waals surface area contributed by atoms with Crippen LogP contribution in [0.2, 0.25) is 5.02 Å². The van der Waals surface area contributed by atoms with E-state index in [1.807, 2.05) is 26.1 Å². The van der Waals surface area contributed by atoms with Gasteiger partial charge in [-0.15, -0.1) is 17.8 Å². The van der Waals surface area contributed by atoms with Crippen LogP contribution in [-0.4, -0.2) is 113 Å². The number of benzene rings is 1. The zero-order valence-corrected chi connectivity index (χ0v) is 28.4. The zero-order chi connectivity index (χ0) is 32.7. The molecule has 0 spiro atoms. The second kappa shape index (κ2) is 13.7. The number of rotatable bonds is 7. The summed E-state index contributed by atoms with van der Waals surface area (Å²) < 4.78 is 0. The molecule has 6 aliphatic rings. The van der Waals surface area contributed by atoms with Crippen LogP contribution in [0.1, 0.15) is 48.8 Å². The van der Waals surface area contributed by atoms with Crippen molar-refractivity contribution in [2.24, 2.45) is 11.8 Å². The zero-order valence-electron chi connectivity index (χ0n) is 26.8. The van der Waals surface area contributed by atoms with E-state index >= 15 is 0 Å². The number of piperazine rings is 1. The van der Waals surface area contributed by atoms with Crippen LogP contribution < -0.4 is 11.1 Å². The Morgan fingerprint density at radius 1 is 1.02 bits per heavy atom. The van der Waals surface area contributed by atoms with Gasteiger partial charge in [-0.3, -0.25) is 14.5 Å². The molecule has 250 valence electrons. The Morgan fingerprint density at radius 2 is 1.77 bits per heavy atom. The molecule has 6 aliphatic heterocycles. The van der Waals surface area contributed by atoms with Crippen LogP contribution in [0.5, 0.6) is 0 Å². The molecule has 1 aromatic carbocycles. The number of nitrogens with two attached hydrogens (primary N) is 1. The first-order valence-corrected chi connectivity index (χ1v) is 18.3. The Balaban J connectivity index is 1.01. The number of terminal acetylenes is 1. The summed E-state index contributed by atoms with van der Waals surface area (Å²) in [5.74, 6) is 2.79. The predicted molar refractivity (Wildman–Crippen MR) is 185 cm³/mol. The number of carbonyl (C=O) groups is 3.